The van der Waals surface area contributed by atoms with Crippen LogP contribution in [0.15, 0.2) is 30.3 Å². The molecule has 1 N–H and O–H groups in total. The molecule has 0 bridgehead atoms. The van der Waals surface area contributed by atoms with Gasteiger partial charge in [-0.3, -0.25) is 14.9 Å². The fourth-order valence-corrected chi connectivity index (χ4v) is 3.70. The Kier molecular flexibility index (Phi) is 4.06. The van der Waals surface area contributed by atoms with Gasteiger partial charge in [-0.25, -0.2) is 0 Å². The van der Waals surface area contributed by atoms with Crippen molar-refractivity contribution in [2.75, 3.05) is 13.2 Å². The molecule has 2 aliphatic rings. The fourth-order valence-electron chi connectivity index (χ4n) is 3.70. The normalized spacial score (nSPS) is 30.0. The molecule has 2 aliphatic heterocycles. The van der Waals surface area contributed by atoms with Gasteiger partial charge in [0.25, 0.3) is 0 Å². The third-order valence-corrected chi connectivity index (χ3v) is 4.82. The van der Waals surface area contributed by atoms with E-state index in [1.54, 1.807) is 0 Å². The molecule has 3 rings (SSSR count). The predicted molar refractivity (Wildman–Crippen MR) is 78.5 cm³/mol. The van der Waals surface area contributed by atoms with E-state index < -0.39 is 0 Å². The Morgan fingerprint density at radius 3 is 2.76 bits per heavy atom. The number of benzene rings is 1. The molecule has 2 amide bonds. The molecule has 0 saturated carbocycles. The van der Waals surface area contributed by atoms with Crippen molar-refractivity contribution in [2.24, 2.45) is 11.3 Å². The Labute approximate surface area is 124 Å². The van der Waals surface area contributed by atoms with Gasteiger partial charge in [0.05, 0.1) is 0 Å². The topological polar surface area (TPSA) is 55.4 Å². The van der Waals surface area contributed by atoms with Crippen LogP contribution in [0.4, 0.5) is 0 Å². The molecule has 2 atom stereocenters. The lowest BCUT2D eigenvalue weighted by molar-refractivity contribution is -0.144. The van der Waals surface area contributed by atoms with Gasteiger partial charge in [-0.1, -0.05) is 30.3 Å². The van der Waals surface area contributed by atoms with Crippen LogP contribution in [0.5, 0.6) is 0 Å². The van der Waals surface area contributed by atoms with Crippen LogP contribution >= 0.6 is 0 Å². The van der Waals surface area contributed by atoms with E-state index in [9.17, 15) is 9.59 Å². The van der Waals surface area contributed by atoms with Gasteiger partial charge in [0.15, 0.2) is 0 Å². The van der Waals surface area contributed by atoms with Gasteiger partial charge >= 0.3 is 0 Å². The summed E-state index contributed by atoms with van der Waals surface area (Å²) in [5.74, 6) is -0.387. The first kappa shape index (κ1) is 14.3. The molecule has 0 aromatic heterocycles. The molecular weight excluding hydrogens is 266 g/mol. The summed E-state index contributed by atoms with van der Waals surface area (Å²) < 4.78 is 5.55. The highest BCUT2D eigenvalue weighted by Crippen LogP contribution is 2.45. The number of nitrogens with one attached hydrogen (secondary N) is 1. The average molecular weight is 287 g/mol. The van der Waals surface area contributed by atoms with Crippen molar-refractivity contribution in [1.82, 2.24) is 5.32 Å². The quantitative estimate of drug-likeness (QED) is 0.847. The molecule has 1 spiro atoms. The summed E-state index contributed by atoms with van der Waals surface area (Å²) in [6.45, 7) is 1.38. The number of carbonyl (C=O) groups excluding carboxylic acids is 2. The van der Waals surface area contributed by atoms with Crippen LogP contribution in [0, 0.1) is 11.3 Å². The summed E-state index contributed by atoms with van der Waals surface area (Å²) in [5, 5.41) is 2.52. The largest absolute Gasteiger partial charge is 0.381 e. The molecule has 21 heavy (non-hydrogen) atoms. The fraction of sp³-hybridized carbons (Fsp3) is 0.529. The van der Waals surface area contributed by atoms with E-state index in [1.165, 1.54) is 0 Å². The molecule has 0 radical (unpaired) electrons. The Morgan fingerprint density at radius 2 is 1.95 bits per heavy atom. The van der Waals surface area contributed by atoms with Crippen molar-refractivity contribution in [3.05, 3.63) is 35.9 Å². The van der Waals surface area contributed by atoms with Crippen LogP contribution < -0.4 is 5.32 Å². The highest BCUT2D eigenvalue weighted by Gasteiger charge is 2.48. The molecular formula is C17H21NO3. The van der Waals surface area contributed by atoms with Gasteiger partial charge in [-0.15, -0.1) is 0 Å². The first-order chi connectivity index (χ1) is 10.2. The van der Waals surface area contributed by atoms with Crippen LogP contribution in [0.2, 0.25) is 0 Å². The minimum Gasteiger partial charge on any atom is -0.381 e. The smallest absolute Gasteiger partial charge is 0.230 e. The Morgan fingerprint density at radius 1 is 1.14 bits per heavy atom. The lowest BCUT2D eigenvalue weighted by Gasteiger charge is -2.42. The summed E-state index contributed by atoms with van der Waals surface area (Å²) in [6, 6.07) is 10.0. The molecule has 0 aliphatic carbocycles. The van der Waals surface area contributed by atoms with Crippen molar-refractivity contribution in [2.45, 2.75) is 32.1 Å². The van der Waals surface area contributed by atoms with Gasteiger partial charge < -0.3 is 4.74 Å². The Balaban J connectivity index is 1.88. The van der Waals surface area contributed by atoms with Gasteiger partial charge in [0, 0.05) is 25.6 Å². The monoisotopic (exact) mass is 287 g/mol. The van der Waals surface area contributed by atoms with E-state index in [-0.39, 0.29) is 23.1 Å². The van der Waals surface area contributed by atoms with Gasteiger partial charge in [-0.05, 0) is 36.7 Å². The molecule has 2 unspecified atom stereocenters. The predicted octanol–water partition coefficient (Wildman–Crippen LogP) is 2.08. The van der Waals surface area contributed by atoms with Gasteiger partial charge in [0.2, 0.25) is 11.8 Å². The second-order valence-electron chi connectivity index (χ2n) is 6.16. The minimum atomic E-state index is -0.230. The van der Waals surface area contributed by atoms with E-state index in [1.807, 2.05) is 30.3 Å². The number of amides is 2. The molecule has 2 saturated heterocycles. The first-order valence-corrected chi connectivity index (χ1v) is 7.65. The molecule has 2 heterocycles. The highest BCUT2D eigenvalue weighted by atomic mass is 16.5. The van der Waals surface area contributed by atoms with Crippen LogP contribution in [0.3, 0.4) is 0 Å². The lowest BCUT2D eigenvalue weighted by atomic mass is 9.64. The lowest BCUT2D eigenvalue weighted by Crippen LogP contribution is -2.53. The van der Waals surface area contributed by atoms with Crippen LogP contribution in [-0.2, 0) is 20.7 Å². The first-order valence-electron chi connectivity index (χ1n) is 7.65. The third-order valence-electron chi connectivity index (χ3n) is 4.82. The minimum absolute atomic E-state index is 0.114. The van der Waals surface area contributed by atoms with E-state index in [4.69, 9.17) is 4.74 Å². The number of piperidine rings is 1. The number of hydrogen-bond donors (Lipinski definition) is 1. The summed E-state index contributed by atoms with van der Waals surface area (Å²) >= 11 is 0. The number of carbonyl (C=O) groups is 2. The molecule has 1 aromatic carbocycles. The van der Waals surface area contributed by atoms with Crippen molar-refractivity contribution in [3.8, 4) is 0 Å². The maximum atomic E-state index is 12.4. The SMILES string of the molecule is O=C1CC2(CCCOCC2)C(Cc2ccccc2)C(=O)N1. The summed E-state index contributed by atoms with van der Waals surface area (Å²) in [4.78, 5) is 24.3. The van der Waals surface area contributed by atoms with Gasteiger partial charge in [-0.2, -0.15) is 0 Å². The van der Waals surface area contributed by atoms with E-state index >= 15 is 0 Å². The zero-order valence-corrected chi connectivity index (χ0v) is 12.1. The maximum Gasteiger partial charge on any atom is 0.230 e. The number of hydrogen-bond acceptors (Lipinski definition) is 3. The third kappa shape index (κ3) is 3.00. The van der Waals surface area contributed by atoms with E-state index in [0.29, 0.717) is 19.4 Å². The van der Waals surface area contributed by atoms with Gasteiger partial charge in [0.1, 0.15) is 0 Å². The zero-order valence-electron chi connectivity index (χ0n) is 12.1. The van der Waals surface area contributed by atoms with Crippen LogP contribution in [-0.4, -0.2) is 25.0 Å². The molecule has 1 aromatic rings. The van der Waals surface area contributed by atoms with Crippen LogP contribution in [0.1, 0.15) is 31.2 Å². The summed E-state index contributed by atoms with van der Waals surface area (Å²) in [6.07, 6.45) is 3.75. The van der Waals surface area contributed by atoms with Crippen molar-refractivity contribution in [1.29, 1.82) is 0 Å². The second kappa shape index (κ2) is 5.98. The molecule has 2 fully saturated rings. The summed E-state index contributed by atoms with van der Waals surface area (Å²) in [5.41, 5.74) is 0.919. The average Bonchev–Trinajstić information content (AvgIpc) is 2.70. The van der Waals surface area contributed by atoms with E-state index in [0.717, 1.165) is 31.4 Å². The van der Waals surface area contributed by atoms with Crippen molar-refractivity contribution >= 4 is 11.8 Å². The van der Waals surface area contributed by atoms with E-state index in [2.05, 4.69) is 5.32 Å². The van der Waals surface area contributed by atoms with Crippen molar-refractivity contribution in [3.63, 3.8) is 0 Å². The second-order valence-corrected chi connectivity index (χ2v) is 6.16. The molecule has 4 heteroatoms. The van der Waals surface area contributed by atoms with Crippen LogP contribution in [0.25, 0.3) is 0 Å². The number of ether oxygens (including phenoxy) is 1. The number of rotatable bonds is 2. The Hall–Kier alpha value is -1.68. The number of imide groups is 1. The standard InChI is InChI=1S/C17H21NO3/c19-15-12-17(7-4-9-21-10-8-17)14(16(20)18-15)11-13-5-2-1-3-6-13/h1-3,5-6,14H,4,7-12H2,(H,18,19,20). The Bertz CT molecular complexity index is 518. The summed E-state index contributed by atoms with van der Waals surface area (Å²) in [7, 11) is 0. The highest BCUT2D eigenvalue weighted by molar-refractivity contribution is 5.99. The maximum absolute atomic E-state index is 12.4. The zero-order chi connectivity index (χ0) is 14.7. The molecule has 112 valence electrons. The molecule has 4 nitrogen and oxygen atoms in total. The van der Waals surface area contributed by atoms with Crippen molar-refractivity contribution < 1.29 is 14.3 Å².